The largest absolute Gasteiger partial charge is 0.345 e. The number of thiophene rings is 1. The number of hydrogen-bond donors (Lipinski definition) is 1. The Morgan fingerprint density at radius 2 is 2.22 bits per heavy atom. The second-order valence-electron chi connectivity index (χ2n) is 4.40. The van der Waals surface area contributed by atoms with Gasteiger partial charge in [-0.25, -0.2) is 0 Å². The molecule has 1 aromatic heterocycles. The highest BCUT2D eigenvalue weighted by atomic mass is 127. The normalized spacial score (nSPS) is 17.5. The molecule has 1 atom stereocenters. The highest BCUT2D eigenvalue weighted by molar-refractivity contribution is 14.1. The zero-order chi connectivity index (χ0) is 12.5. The van der Waals surface area contributed by atoms with Crippen molar-refractivity contribution in [1.29, 1.82) is 0 Å². The number of fused-ring (bicyclic) bond motifs is 1. The summed E-state index contributed by atoms with van der Waals surface area (Å²) in [7, 11) is 0. The molecule has 0 saturated heterocycles. The lowest BCUT2D eigenvalue weighted by Gasteiger charge is -2.13. The first kappa shape index (κ1) is 12.2. The van der Waals surface area contributed by atoms with Gasteiger partial charge in [-0.2, -0.15) is 0 Å². The molecule has 2 aromatic rings. The summed E-state index contributed by atoms with van der Waals surface area (Å²) in [5.74, 6) is 0.0378. The second-order valence-corrected chi connectivity index (χ2v) is 7.21. The highest BCUT2D eigenvalue weighted by Gasteiger charge is 2.23. The zero-order valence-electron chi connectivity index (χ0n) is 9.65. The SMILES string of the molecule is O=C(NC1CCc2ccccc21)c1csc(I)c1. The molecule has 18 heavy (non-hydrogen) atoms. The Morgan fingerprint density at radius 1 is 1.39 bits per heavy atom. The van der Waals surface area contributed by atoms with Crippen LogP contribution in [0.5, 0.6) is 0 Å². The van der Waals surface area contributed by atoms with Crippen LogP contribution in [0, 0.1) is 2.88 Å². The molecule has 1 aliphatic rings. The highest BCUT2D eigenvalue weighted by Crippen LogP contribution is 2.31. The molecule has 0 saturated carbocycles. The summed E-state index contributed by atoms with van der Waals surface area (Å²) in [4.78, 5) is 12.1. The van der Waals surface area contributed by atoms with E-state index < -0.39 is 0 Å². The van der Waals surface area contributed by atoms with Crippen LogP contribution < -0.4 is 5.32 Å². The van der Waals surface area contributed by atoms with Crippen molar-refractivity contribution in [3.63, 3.8) is 0 Å². The van der Waals surface area contributed by atoms with Gasteiger partial charge in [-0.05, 0) is 52.6 Å². The molecule has 1 amide bonds. The maximum Gasteiger partial charge on any atom is 0.252 e. The van der Waals surface area contributed by atoms with E-state index in [9.17, 15) is 4.79 Å². The Morgan fingerprint density at radius 3 is 3.00 bits per heavy atom. The van der Waals surface area contributed by atoms with Crippen LogP contribution in [-0.4, -0.2) is 5.91 Å². The van der Waals surface area contributed by atoms with Crippen LogP contribution in [0.25, 0.3) is 0 Å². The molecule has 1 aromatic carbocycles. The molecule has 0 fully saturated rings. The third-order valence-corrected chi connectivity index (χ3v) is 5.06. The van der Waals surface area contributed by atoms with Crippen molar-refractivity contribution in [2.75, 3.05) is 0 Å². The van der Waals surface area contributed by atoms with Crippen LogP contribution >= 0.6 is 33.9 Å². The Bertz CT molecular complexity index is 593. The maximum atomic E-state index is 12.1. The smallest absolute Gasteiger partial charge is 0.252 e. The first-order valence-corrected chi connectivity index (χ1v) is 7.82. The van der Waals surface area contributed by atoms with Gasteiger partial charge in [0, 0.05) is 5.38 Å². The van der Waals surface area contributed by atoms with Crippen LogP contribution in [0.4, 0.5) is 0 Å². The Kier molecular flexibility index (Phi) is 3.39. The van der Waals surface area contributed by atoms with Crippen LogP contribution in [0.1, 0.15) is 33.9 Å². The summed E-state index contributed by atoms with van der Waals surface area (Å²) >= 11 is 3.84. The molecule has 0 spiro atoms. The van der Waals surface area contributed by atoms with Crippen LogP contribution in [0.2, 0.25) is 0 Å². The molecule has 4 heteroatoms. The summed E-state index contributed by atoms with van der Waals surface area (Å²) in [5.41, 5.74) is 3.41. The average molecular weight is 369 g/mol. The van der Waals surface area contributed by atoms with Gasteiger partial charge in [0.25, 0.3) is 5.91 Å². The topological polar surface area (TPSA) is 29.1 Å². The van der Waals surface area contributed by atoms with E-state index in [-0.39, 0.29) is 11.9 Å². The number of rotatable bonds is 2. The van der Waals surface area contributed by atoms with Gasteiger partial charge in [-0.15, -0.1) is 11.3 Å². The molecule has 0 bridgehead atoms. The minimum absolute atomic E-state index is 0.0378. The molecule has 0 radical (unpaired) electrons. The number of hydrogen-bond acceptors (Lipinski definition) is 2. The molecular formula is C14H12INOS. The third kappa shape index (κ3) is 2.31. The van der Waals surface area contributed by atoms with E-state index in [2.05, 4.69) is 46.1 Å². The van der Waals surface area contributed by atoms with Crippen LogP contribution in [0.3, 0.4) is 0 Å². The number of benzene rings is 1. The van der Waals surface area contributed by atoms with Crippen LogP contribution in [-0.2, 0) is 6.42 Å². The van der Waals surface area contributed by atoms with Gasteiger partial charge >= 0.3 is 0 Å². The third-order valence-electron chi connectivity index (χ3n) is 3.27. The monoisotopic (exact) mass is 369 g/mol. The maximum absolute atomic E-state index is 12.1. The number of aryl methyl sites for hydroxylation is 1. The standard InChI is InChI=1S/C14H12INOS/c15-13-7-10(8-18-13)14(17)16-12-6-5-9-3-1-2-4-11(9)12/h1-4,7-8,12H,5-6H2,(H,16,17). The zero-order valence-corrected chi connectivity index (χ0v) is 12.6. The van der Waals surface area contributed by atoms with Gasteiger partial charge in [0.2, 0.25) is 0 Å². The van der Waals surface area contributed by atoms with Gasteiger partial charge < -0.3 is 5.32 Å². The van der Waals surface area contributed by atoms with Crippen molar-refractivity contribution in [3.8, 4) is 0 Å². The quantitative estimate of drug-likeness (QED) is 0.803. The van der Waals surface area contributed by atoms with Crippen molar-refractivity contribution in [1.82, 2.24) is 5.32 Å². The molecule has 92 valence electrons. The number of halogens is 1. The molecule has 0 aliphatic heterocycles. The van der Waals surface area contributed by atoms with E-state index in [4.69, 9.17) is 0 Å². The summed E-state index contributed by atoms with van der Waals surface area (Å²) in [5, 5.41) is 5.04. The van der Waals surface area contributed by atoms with E-state index in [1.54, 1.807) is 11.3 Å². The molecule has 3 rings (SSSR count). The molecule has 2 nitrogen and oxygen atoms in total. The molecule has 1 N–H and O–H groups in total. The minimum Gasteiger partial charge on any atom is -0.345 e. The van der Waals surface area contributed by atoms with Crippen LogP contribution in [0.15, 0.2) is 35.7 Å². The van der Waals surface area contributed by atoms with Gasteiger partial charge in [-0.1, -0.05) is 24.3 Å². The van der Waals surface area contributed by atoms with Crippen molar-refractivity contribution in [2.45, 2.75) is 18.9 Å². The second kappa shape index (κ2) is 5.01. The Balaban J connectivity index is 1.77. The van der Waals surface area contributed by atoms with Gasteiger partial charge in [0.15, 0.2) is 0 Å². The average Bonchev–Trinajstić information content (AvgIpc) is 2.97. The lowest BCUT2D eigenvalue weighted by atomic mass is 10.1. The fourth-order valence-electron chi connectivity index (χ4n) is 2.38. The lowest BCUT2D eigenvalue weighted by Crippen LogP contribution is -2.26. The van der Waals surface area contributed by atoms with Crippen molar-refractivity contribution < 1.29 is 4.79 Å². The number of nitrogens with one attached hydrogen (secondary N) is 1. The number of carbonyl (C=O) groups excluding carboxylic acids is 1. The van der Waals surface area contributed by atoms with Crippen molar-refractivity contribution >= 4 is 39.8 Å². The molecule has 1 unspecified atom stereocenters. The molecule has 1 heterocycles. The van der Waals surface area contributed by atoms with Gasteiger partial charge in [0.1, 0.15) is 0 Å². The Hall–Kier alpha value is -0.880. The first-order valence-electron chi connectivity index (χ1n) is 5.87. The van der Waals surface area contributed by atoms with Gasteiger partial charge in [0.05, 0.1) is 14.5 Å². The van der Waals surface area contributed by atoms with Crippen molar-refractivity contribution in [3.05, 3.63) is 55.3 Å². The Labute approximate surface area is 124 Å². The van der Waals surface area contributed by atoms with Crippen molar-refractivity contribution in [2.24, 2.45) is 0 Å². The number of carbonyl (C=O) groups is 1. The molecular weight excluding hydrogens is 357 g/mol. The fourth-order valence-corrected chi connectivity index (χ4v) is 3.70. The van der Waals surface area contributed by atoms with E-state index in [0.29, 0.717) is 0 Å². The summed E-state index contributed by atoms with van der Waals surface area (Å²) < 4.78 is 1.14. The minimum atomic E-state index is 0.0378. The van der Waals surface area contributed by atoms with E-state index in [1.807, 2.05) is 17.5 Å². The predicted octanol–water partition coefficient (Wildman–Crippen LogP) is 3.77. The summed E-state index contributed by atoms with van der Waals surface area (Å²) in [6.45, 7) is 0. The lowest BCUT2D eigenvalue weighted by molar-refractivity contribution is 0.0937. The van der Waals surface area contributed by atoms with E-state index in [1.165, 1.54) is 11.1 Å². The molecule has 1 aliphatic carbocycles. The predicted molar refractivity (Wildman–Crippen MR) is 82.0 cm³/mol. The van der Waals surface area contributed by atoms with E-state index in [0.717, 1.165) is 21.3 Å². The first-order chi connectivity index (χ1) is 8.74. The number of amides is 1. The van der Waals surface area contributed by atoms with E-state index >= 15 is 0 Å². The summed E-state index contributed by atoms with van der Waals surface area (Å²) in [6, 6.07) is 10.5. The summed E-state index contributed by atoms with van der Waals surface area (Å²) in [6.07, 6.45) is 2.06. The van der Waals surface area contributed by atoms with Gasteiger partial charge in [-0.3, -0.25) is 4.79 Å². The fraction of sp³-hybridized carbons (Fsp3) is 0.214.